The Kier molecular flexibility index (Phi) is 9.85. The van der Waals surface area contributed by atoms with Crippen molar-refractivity contribution in [1.82, 2.24) is 10.2 Å². The molecule has 2 aromatic carbocycles. The predicted molar refractivity (Wildman–Crippen MR) is 128 cm³/mol. The average molecular weight is 510 g/mol. The highest BCUT2D eigenvalue weighted by molar-refractivity contribution is 9.10. The summed E-state index contributed by atoms with van der Waals surface area (Å²) in [6, 6.07) is 12.5. The van der Waals surface area contributed by atoms with Crippen LogP contribution in [0.1, 0.15) is 51.2 Å². The molecule has 1 N–H and O–H groups in total. The van der Waals surface area contributed by atoms with Gasteiger partial charge in [-0.15, -0.1) is 0 Å². The van der Waals surface area contributed by atoms with Crippen molar-refractivity contribution in [3.05, 3.63) is 63.1 Å². The molecule has 0 spiro atoms. The fourth-order valence-corrected chi connectivity index (χ4v) is 3.71. The predicted octanol–water partition coefficient (Wildman–Crippen LogP) is 5.55. The van der Waals surface area contributed by atoms with Gasteiger partial charge in [-0.3, -0.25) is 9.59 Å². The van der Waals surface area contributed by atoms with Crippen LogP contribution in [0.15, 0.2) is 46.9 Å². The van der Waals surface area contributed by atoms with Gasteiger partial charge in [0.15, 0.2) is 6.61 Å². The largest absolute Gasteiger partial charge is 0.483 e. The third-order valence-electron chi connectivity index (χ3n) is 4.99. The van der Waals surface area contributed by atoms with Gasteiger partial charge < -0.3 is 15.0 Å². The van der Waals surface area contributed by atoms with Crippen molar-refractivity contribution < 1.29 is 14.3 Å². The molecule has 0 aliphatic rings. The van der Waals surface area contributed by atoms with Crippen LogP contribution in [0.4, 0.5) is 0 Å². The van der Waals surface area contributed by atoms with Crippen molar-refractivity contribution in [2.24, 2.45) is 0 Å². The minimum atomic E-state index is -0.661. The maximum absolute atomic E-state index is 13.1. The zero-order valence-corrected chi connectivity index (χ0v) is 20.8. The summed E-state index contributed by atoms with van der Waals surface area (Å²) in [5, 5.41) is 3.40. The van der Waals surface area contributed by atoms with Gasteiger partial charge in [0.25, 0.3) is 5.91 Å². The second-order valence-electron chi connectivity index (χ2n) is 7.71. The molecule has 0 aliphatic heterocycles. The number of hydrogen-bond acceptors (Lipinski definition) is 3. The van der Waals surface area contributed by atoms with Crippen LogP contribution in [0.5, 0.6) is 5.75 Å². The van der Waals surface area contributed by atoms with Gasteiger partial charge in [-0.05, 0) is 64.5 Å². The Bertz CT molecular complexity index is 904. The third-order valence-corrected chi connectivity index (χ3v) is 5.98. The number of carbonyl (C=O) groups is 2. The van der Waals surface area contributed by atoms with Gasteiger partial charge in [0.05, 0.1) is 4.47 Å². The molecule has 0 aliphatic carbocycles. The average Bonchev–Trinajstić information content (AvgIpc) is 2.75. The van der Waals surface area contributed by atoms with Gasteiger partial charge in [-0.25, -0.2) is 0 Å². The Morgan fingerprint density at radius 2 is 1.87 bits per heavy atom. The SMILES string of the molecule is CCCNC(=O)[C@H](C)N(Cc1ccccc1Cl)C(=O)COc1ccc(C(C)C)cc1Br. The first-order valence-corrected chi connectivity index (χ1v) is 11.6. The lowest BCUT2D eigenvalue weighted by Gasteiger charge is -2.29. The van der Waals surface area contributed by atoms with Crippen molar-refractivity contribution in [2.75, 3.05) is 13.2 Å². The van der Waals surface area contributed by atoms with Gasteiger partial charge in [0, 0.05) is 18.1 Å². The summed E-state index contributed by atoms with van der Waals surface area (Å²) in [4.78, 5) is 27.2. The standard InChI is InChI=1S/C24H30BrClN2O3/c1-5-12-27-24(30)17(4)28(14-19-8-6-7-9-21(19)26)23(29)15-31-22-11-10-18(16(2)3)13-20(22)25/h6-11,13,16-17H,5,12,14-15H2,1-4H3,(H,27,30)/t17-/m0/s1. The number of halogens is 2. The Hall–Kier alpha value is -2.05. The molecule has 0 heterocycles. The summed E-state index contributed by atoms with van der Waals surface area (Å²) < 4.78 is 6.58. The van der Waals surface area contributed by atoms with E-state index in [1.165, 1.54) is 10.5 Å². The number of nitrogens with zero attached hydrogens (tertiary/aromatic N) is 1. The zero-order valence-electron chi connectivity index (χ0n) is 18.5. The van der Waals surface area contributed by atoms with Crippen LogP contribution in [0.3, 0.4) is 0 Å². The van der Waals surface area contributed by atoms with E-state index in [2.05, 4.69) is 35.1 Å². The highest BCUT2D eigenvalue weighted by Crippen LogP contribution is 2.29. The van der Waals surface area contributed by atoms with Gasteiger partial charge >= 0.3 is 0 Å². The number of carbonyl (C=O) groups excluding carboxylic acids is 2. The molecule has 0 radical (unpaired) electrons. The molecule has 7 heteroatoms. The fraction of sp³-hybridized carbons (Fsp3) is 0.417. The minimum Gasteiger partial charge on any atom is -0.483 e. The maximum Gasteiger partial charge on any atom is 0.261 e. The van der Waals surface area contributed by atoms with Crippen LogP contribution >= 0.6 is 27.5 Å². The summed E-state index contributed by atoms with van der Waals surface area (Å²) in [6.45, 7) is 8.52. The van der Waals surface area contributed by atoms with Crippen molar-refractivity contribution in [3.8, 4) is 5.75 Å². The highest BCUT2D eigenvalue weighted by atomic mass is 79.9. The molecule has 0 unspecified atom stereocenters. The summed E-state index contributed by atoms with van der Waals surface area (Å²) in [7, 11) is 0. The first-order chi connectivity index (χ1) is 14.7. The quantitative estimate of drug-likeness (QED) is 0.457. The monoisotopic (exact) mass is 508 g/mol. The molecule has 5 nitrogen and oxygen atoms in total. The first kappa shape index (κ1) is 25.2. The third kappa shape index (κ3) is 7.25. The van der Waals surface area contributed by atoms with Crippen LogP contribution in [0, 0.1) is 0 Å². The molecule has 0 aromatic heterocycles. The summed E-state index contributed by atoms with van der Waals surface area (Å²) in [6.07, 6.45) is 0.820. The van der Waals surface area contributed by atoms with E-state index in [0.717, 1.165) is 16.5 Å². The topological polar surface area (TPSA) is 58.6 Å². The van der Waals surface area contributed by atoms with Crippen molar-refractivity contribution in [3.63, 3.8) is 0 Å². The van der Waals surface area contributed by atoms with E-state index in [1.807, 2.05) is 43.3 Å². The molecule has 0 fully saturated rings. The van der Waals surface area contributed by atoms with E-state index < -0.39 is 6.04 Å². The normalized spacial score (nSPS) is 11.8. The number of nitrogens with one attached hydrogen (secondary N) is 1. The maximum atomic E-state index is 13.1. The van der Waals surface area contributed by atoms with Crippen LogP contribution in [0.25, 0.3) is 0 Å². The van der Waals surface area contributed by atoms with E-state index in [4.69, 9.17) is 16.3 Å². The molecule has 31 heavy (non-hydrogen) atoms. The molecule has 168 valence electrons. The fourth-order valence-electron chi connectivity index (χ4n) is 3.00. The number of rotatable bonds is 10. The lowest BCUT2D eigenvalue weighted by Crippen LogP contribution is -2.49. The second-order valence-corrected chi connectivity index (χ2v) is 8.97. The molecule has 2 rings (SSSR count). The molecule has 2 aromatic rings. The van der Waals surface area contributed by atoms with Crippen LogP contribution < -0.4 is 10.1 Å². The number of benzene rings is 2. The zero-order chi connectivity index (χ0) is 23.0. The smallest absolute Gasteiger partial charge is 0.261 e. The number of ether oxygens (including phenoxy) is 1. The van der Waals surface area contributed by atoms with E-state index in [1.54, 1.807) is 13.0 Å². The van der Waals surface area contributed by atoms with E-state index >= 15 is 0 Å². The molecule has 2 amide bonds. The van der Waals surface area contributed by atoms with Crippen molar-refractivity contribution >= 4 is 39.3 Å². The highest BCUT2D eigenvalue weighted by Gasteiger charge is 2.27. The van der Waals surface area contributed by atoms with Gasteiger partial charge in [0.1, 0.15) is 11.8 Å². The molecule has 1 atom stereocenters. The molecule has 0 bridgehead atoms. The Morgan fingerprint density at radius 3 is 2.48 bits per heavy atom. The van der Waals surface area contributed by atoms with Crippen molar-refractivity contribution in [1.29, 1.82) is 0 Å². The summed E-state index contributed by atoms with van der Waals surface area (Å²) >= 11 is 9.81. The minimum absolute atomic E-state index is 0.185. The number of hydrogen-bond donors (Lipinski definition) is 1. The van der Waals surface area contributed by atoms with Crippen LogP contribution in [0.2, 0.25) is 5.02 Å². The lowest BCUT2D eigenvalue weighted by atomic mass is 10.0. The van der Waals surface area contributed by atoms with Crippen LogP contribution in [-0.4, -0.2) is 35.9 Å². The Labute approximate surface area is 198 Å². The number of amides is 2. The second kappa shape index (κ2) is 12.1. The molecular weight excluding hydrogens is 480 g/mol. The lowest BCUT2D eigenvalue weighted by molar-refractivity contribution is -0.142. The van der Waals surface area contributed by atoms with E-state index in [0.29, 0.717) is 23.2 Å². The van der Waals surface area contributed by atoms with E-state index in [-0.39, 0.29) is 25.0 Å². The summed E-state index contributed by atoms with van der Waals surface area (Å²) in [5.41, 5.74) is 1.95. The van der Waals surface area contributed by atoms with Gasteiger partial charge in [0.2, 0.25) is 5.91 Å². The Balaban J connectivity index is 2.17. The molecule has 0 saturated carbocycles. The van der Waals surface area contributed by atoms with E-state index in [9.17, 15) is 9.59 Å². The van der Waals surface area contributed by atoms with Crippen molar-refractivity contribution in [2.45, 2.75) is 52.6 Å². The first-order valence-electron chi connectivity index (χ1n) is 10.5. The Morgan fingerprint density at radius 1 is 1.16 bits per heavy atom. The van der Waals surface area contributed by atoms with Gasteiger partial charge in [-0.2, -0.15) is 0 Å². The molecular formula is C24H30BrClN2O3. The van der Waals surface area contributed by atoms with Gasteiger partial charge in [-0.1, -0.05) is 56.6 Å². The summed E-state index contributed by atoms with van der Waals surface area (Å²) in [5.74, 6) is 0.475. The van der Waals surface area contributed by atoms with Crippen LogP contribution in [-0.2, 0) is 16.1 Å². The molecule has 0 saturated heterocycles.